The molecule has 1 heterocycles. The number of rotatable bonds is 10. The van der Waals surface area contributed by atoms with E-state index >= 15 is 8.78 Å². The van der Waals surface area contributed by atoms with Gasteiger partial charge in [-0.3, -0.25) is 0 Å². The van der Waals surface area contributed by atoms with Gasteiger partial charge in [0.25, 0.3) is 5.92 Å². The molecule has 0 radical (unpaired) electrons. The van der Waals surface area contributed by atoms with Crippen LogP contribution in [0.3, 0.4) is 0 Å². The lowest BCUT2D eigenvalue weighted by Crippen LogP contribution is -2.32. The van der Waals surface area contributed by atoms with Crippen LogP contribution in [-0.2, 0) is 11.3 Å². The van der Waals surface area contributed by atoms with E-state index in [-0.39, 0.29) is 11.1 Å². The van der Waals surface area contributed by atoms with Gasteiger partial charge in [0.15, 0.2) is 17.5 Å². The van der Waals surface area contributed by atoms with Crippen LogP contribution in [0.5, 0.6) is 0 Å². The Morgan fingerprint density at radius 3 is 1.29 bits per heavy atom. The van der Waals surface area contributed by atoms with Crippen molar-refractivity contribution in [3.05, 3.63) is 246 Å². The summed E-state index contributed by atoms with van der Waals surface area (Å²) in [6.45, 7) is 0. The number of aromatic nitrogens is 3. The Hall–Kier alpha value is -7.11. The SMILES string of the molecule is FC(F)(c1cccc(-c2ccc(C(C3=CC=CCC3)(c3ccccc3)c3ccccc3)cc2)c1)c1cccc(-c2nc(-c3ccccc3)nc(-c3ccccc3)n2)c1. The Kier molecular flexibility index (Phi) is 9.95. The maximum atomic E-state index is 16.7. The smallest absolute Gasteiger partial charge is 0.208 e. The molecule has 0 fully saturated rings. The van der Waals surface area contributed by atoms with Crippen molar-refractivity contribution in [1.82, 2.24) is 15.0 Å². The molecular formula is C53H39F2N3. The van der Waals surface area contributed by atoms with Crippen LogP contribution in [0.4, 0.5) is 8.78 Å². The quantitative estimate of drug-likeness (QED) is 0.131. The molecule has 0 bridgehead atoms. The Morgan fingerprint density at radius 2 is 0.793 bits per heavy atom. The van der Waals surface area contributed by atoms with Crippen LogP contribution in [0, 0.1) is 0 Å². The topological polar surface area (TPSA) is 38.7 Å². The summed E-state index contributed by atoms with van der Waals surface area (Å²) in [4.78, 5) is 14.3. The summed E-state index contributed by atoms with van der Waals surface area (Å²) in [6, 6.07) is 62.0. The molecule has 58 heavy (non-hydrogen) atoms. The zero-order chi connectivity index (χ0) is 39.4. The zero-order valence-corrected chi connectivity index (χ0v) is 31.7. The molecule has 0 N–H and O–H groups in total. The van der Waals surface area contributed by atoms with Crippen LogP contribution in [-0.4, -0.2) is 15.0 Å². The summed E-state index contributed by atoms with van der Waals surface area (Å²) >= 11 is 0. The molecule has 0 spiro atoms. The summed E-state index contributed by atoms with van der Waals surface area (Å²) < 4.78 is 33.4. The first-order valence-electron chi connectivity index (χ1n) is 19.5. The third-order valence-electron chi connectivity index (χ3n) is 11.0. The number of halogens is 2. The Bertz CT molecular complexity index is 2630. The molecule has 7 aromatic carbocycles. The van der Waals surface area contributed by atoms with E-state index in [9.17, 15) is 0 Å². The molecule has 5 heteroatoms. The van der Waals surface area contributed by atoms with Gasteiger partial charge in [0.05, 0.1) is 5.41 Å². The van der Waals surface area contributed by atoms with Gasteiger partial charge >= 0.3 is 0 Å². The van der Waals surface area contributed by atoms with Crippen molar-refractivity contribution in [1.29, 1.82) is 0 Å². The highest BCUT2D eigenvalue weighted by Crippen LogP contribution is 2.48. The van der Waals surface area contributed by atoms with Gasteiger partial charge in [0.1, 0.15) is 0 Å². The highest BCUT2D eigenvalue weighted by Gasteiger charge is 2.40. The van der Waals surface area contributed by atoms with Crippen LogP contribution in [0.15, 0.2) is 218 Å². The van der Waals surface area contributed by atoms with Crippen LogP contribution in [0.25, 0.3) is 45.3 Å². The predicted molar refractivity (Wildman–Crippen MR) is 230 cm³/mol. The van der Waals surface area contributed by atoms with Gasteiger partial charge in [-0.15, -0.1) is 0 Å². The van der Waals surface area contributed by atoms with E-state index in [1.807, 2.05) is 78.9 Å². The number of allylic oxidation sites excluding steroid dienone is 4. The average Bonchev–Trinajstić information content (AvgIpc) is 3.31. The van der Waals surface area contributed by atoms with Gasteiger partial charge in [-0.2, -0.15) is 8.78 Å². The van der Waals surface area contributed by atoms with Gasteiger partial charge in [-0.05, 0) is 52.8 Å². The molecule has 0 saturated carbocycles. The maximum absolute atomic E-state index is 16.7. The van der Waals surface area contributed by atoms with E-state index < -0.39 is 11.3 Å². The molecule has 8 aromatic rings. The predicted octanol–water partition coefficient (Wildman–Crippen LogP) is 13.3. The van der Waals surface area contributed by atoms with E-state index in [2.05, 4.69) is 91.0 Å². The number of alkyl halides is 2. The van der Waals surface area contributed by atoms with E-state index in [1.54, 1.807) is 24.3 Å². The Morgan fingerprint density at radius 1 is 0.379 bits per heavy atom. The molecule has 3 nitrogen and oxygen atoms in total. The summed E-state index contributed by atoms with van der Waals surface area (Å²) in [6.07, 6.45) is 8.51. The molecule has 0 saturated heterocycles. The number of hydrogen-bond acceptors (Lipinski definition) is 3. The lowest BCUT2D eigenvalue weighted by molar-refractivity contribution is 0.0429. The third kappa shape index (κ3) is 6.96. The normalized spacial score (nSPS) is 12.9. The van der Waals surface area contributed by atoms with Crippen LogP contribution in [0.1, 0.15) is 40.7 Å². The number of benzene rings is 7. The standard InChI is InChI=1S/C53H39F2N3/c54-53(55,48-31-17-23-42(37-48)51-57-49(39-18-6-1-7-19-39)56-50(58-51)40-20-8-2-9-21-40)47-30-16-22-41(36-47)38-32-34-46(35-33-38)52(43-24-10-3-11-25-43,44-26-12-4-13-27-44)45-28-14-5-15-29-45/h1-14,16-28,30-37H,15,29H2. The lowest BCUT2D eigenvalue weighted by Gasteiger charge is -2.39. The molecule has 1 aliphatic carbocycles. The number of nitrogens with zero attached hydrogens (tertiary/aromatic N) is 3. The van der Waals surface area contributed by atoms with E-state index in [4.69, 9.17) is 15.0 Å². The van der Waals surface area contributed by atoms with Gasteiger partial charge in [0, 0.05) is 27.8 Å². The van der Waals surface area contributed by atoms with Gasteiger partial charge < -0.3 is 0 Å². The molecule has 0 amide bonds. The molecule has 0 aliphatic heterocycles. The van der Waals surface area contributed by atoms with Crippen molar-refractivity contribution < 1.29 is 8.78 Å². The van der Waals surface area contributed by atoms with Crippen LogP contribution < -0.4 is 0 Å². The van der Waals surface area contributed by atoms with Crippen LogP contribution >= 0.6 is 0 Å². The number of hydrogen-bond donors (Lipinski definition) is 0. The summed E-state index contributed by atoms with van der Waals surface area (Å²) in [5, 5.41) is 0. The van der Waals surface area contributed by atoms with E-state index in [1.165, 1.54) is 34.9 Å². The third-order valence-corrected chi connectivity index (χ3v) is 11.0. The largest absolute Gasteiger partial charge is 0.298 e. The van der Waals surface area contributed by atoms with Crippen LogP contribution in [0.2, 0.25) is 0 Å². The minimum atomic E-state index is -3.31. The highest BCUT2D eigenvalue weighted by atomic mass is 19.3. The van der Waals surface area contributed by atoms with Crippen molar-refractivity contribution >= 4 is 0 Å². The van der Waals surface area contributed by atoms with E-state index in [0.717, 1.165) is 35.1 Å². The Labute approximate surface area is 337 Å². The molecule has 280 valence electrons. The van der Waals surface area contributed by atoms with E-state index in [0.29, 0.717) is 28.6 Å². The van der Waals surface area contributed by atoms with Gasteiger partial charge in [-0.25, -0.2) is 15.0 Å². The van der Waals surface area contributed by atoms with Crippen molar-refractivity contribution in [3.8, 4) is 45.3 Å². The van der Waals surface area contributed by atoms with Crippen molar-refractivity contribution in [3.63, 3.8) is 0 Å². The molecule has 9 rings (SSSR count). The van der Waals surface area contributed by atoms with Crippen molar-refractivity contribution in [2.24, 2.45) is 0 Å². The maximum Gasteiger partial charge on any atom is 0.298 e. The fraction of sp³-hybridized carbons (Fsp3) is 0.0755. The monoisotopic (exact) mass is 755 g/mol. The average molecular weight is 756 g/mol. The lowest BCUT2D eigenvalue weighted by atomic mass is 9.63. The fourth-order valence-corrected chi connectivity index (χ4v) is 8.11. The second kappa shape index (κ2) is 15.8. The Balaban J connectivity index is 1.08. The van der Waals surface area contributed by atoms with Gasteiger partial charge in [-0.1, -0.05) is 206 Å². The molecular weight excluding hydrogens is 717 g/mol. The molecule has 1 aromatic heterocycles. The zero-order valence-electron chi connectivity index (χ0n) is 31.7. The molecule has 0 unspecified atom stereocenters. The first-order chi connectivity index (χ1) is 28.5. The highest BCUT2D eigenvalue weighted by molar-refractivity contribution is 5.69. The molecule has 0 atom stereocenters. The summed E-state index contributed by atoms with van der Waals surface area (Å²) in [5.74, 6) is -2.04. The van der Waals surface area contributed by atoms with Crippen molar-refractivity contribution in [2.75, 3.05) is 0 Å². The molecule has 1 aliphatic rings. The second-order valence-corrected chi connectivity index (χ2v) is 14.5. The summed E-state index contributed by atoms with van der Waals surface area (Å²) in [5.41, 5.74) is 7.70. The fourth-order valence-electron chi connectivity index (χ4n) is 8.11. The first-order valence-corrected chi connectivity index (χ1v) is 19.5. The minimum absolute atomic E-state index is 0.0983. The second-order valence-electron chi connectivity index (χ2n) is 14.5. The van der Waals surface area contributed by atoms with Crippen molar-refractivity contribution in [2.45, 2.75) is 24.2 Å². The summed E-state index contributed by atoms with van der Waals surface area (Å²) in [7, 11) is 0. The van der Waals surface area contributed by atoms with Gasteiger partial charge in [0.2, 0.25) is 0 Å². The first kappa shape index (κ1) is 36.5. The minimum Gasteiger partial charge on any atom is -0.208 e.